The number of amides is 1. The third-order valence-corrected chi connectivity index (χ3v) is 5.20. The van der Waals surface area contributed by atoms with Crippen molar-refractivity contribution in [1.82, 2.24) is 19.7 Å². The van der Waals surface area contributed by atoms with Gasteiger partial charge in [-0.1, -0.05) is 45.4 Å². The summed E-state index contributed by atoms with van der Waals surface area (Å²) in [6.07, 6.45) is 12.4. The molecule has 1 amide bonds. The molecule has 142 valence electrons. The Balaban J connectivity index is 1.68. The van der Waals surface area contributed by atoms with E-state index in [9.17, 15) is 9.90 Å². The van der Waals surface area contributed by atoms with Gasteiger partial charge in [-0.2, -0.15) is 0 Å². The molecule has 0 aliphatic carbocycles. The summed E-state index contributed by atoms with van der Waals surface area (Å²) >= 11 is 0. The average molecular weight is 351 g/mol. The van der Waals surface area contributed by atoms with Crippen LogP contribution < -0.4 is 0 Å². The van der Waals surface area contributed by atoms with Crippen LogP contribution in [0.1, 0.15) is 89.4 Å². The molecule has 1 aliphatic heterocycles. The summed E-state index contributed by atoms with van der Waals surface area (Å²) in [5, 5.41) is 18.2. The number of carbonyl (C=O) groups is 1. The monoisotopic (exact) mass is 350 g/mol. The third kappa shape index (κ3) is 6.10. The predicted molar refractivity (Wildman–Crippen MR) is 97.9 cm³/mol. The van der Waals surface area contributed by atoms with Crippen LogP contribution in [0.25, 0.3) is 0 Å². The van der Waals surface area contributed by atoms with Crippen LogP contribution in [0.15, 0.2) is 6.33 Å². The van der Waals surface area contributed by atoms with Crippen LogP contribution in [0.3, 0.4) is 0 Å². The molecule has 6 nitrogen and oxygen atoms in total. The molecule has 0 radical (unpaired) electrons. The van der Waals surface area contributed by atoms with E-state index in [1.807, 2.05) is 16.5 Å². The first-order valence-corrected chi connectivity index (χ1v) is 9.95. The molecule has 1 aromatic rings. The summed E-state index contributed by atoms with van der Waals surface area (Å²) in [4.78, 5) is 14.5. The van der Waals surface area contributed by atoms with Crippen LogP contribution in [0.4, 0.5) is 0 Å². The van der Waals surface area contributed by atoms with Crippen LogP contribution in [0, 0.1) is 0 Å². The molecular formula is C19H34N4O2. The molecule has 1 N–H and O–H groups in total. The zero-order valence-corrected chi connectivity index (χ0v) is 15.9. The second-order valence-corrected chi connectivity index (χ2v) is 7.29. The Bertz CT molecular complexity index is 517. The van der Waals surface area contributed by atoms with Crippen molar-refractivity contribution >= 4 is 5.91 Å². The molecule has 2 atom stereocenters. The maximum absolute atomic E-state index is 12.6. The number of aryl methyl sites for hydroxylation is 1. The number of likely N-dealkylation sites (tertiary alicyclic amines) is 1. The predicted octanol–water partition coefficient (Wildman–Crippen LogP) is 3.37. The van der Waals surface area contributed by atoms with Crippen molar-refractivity contribution < 1.29 is 9.90 Å². The molecule has 1 aliphatic rings. The lowest BCUT2D eigenvalue weighted by molar-refractivity contribution is -0.133. The lowest BCUT2D eigenvalue weighted by Gasteiger charge is -2.24. The number of aliphatic hydroxyl groups is 1. The van der Waals surface area contributed by atoms with Gasteiger partial charge in [0, 0.05) is 20.0 Å². The lowest BCUT2D eigenvalue weighted by atomic mass is 10.0. The fourth-order valence-corrected chi connectivity index (χ4v) is 3.67. The van der Waals surface area contributed by atoms with Gasteiger partial charge < -0.3 is 14.6 Å². The fraction of sp³-hybridized carbons (Fsp3) is 0.842. The largest absolute Gasteiger partial charge is 0.393 e. The summed E-state index contributed by atoms with van der Waals surface area (Å²) in [7, 11) is 1.92. The molecule has 1 aromatic heterocycles. The van der Waals surface area contributed by atoms with Gasteiger partial charge in [-0.15, -0.1) is 10.2 Å². The SMILES string of the molecule is CCCCCCCCC(O)CCC(=O)N1CCCC1c1nncn1C. The van der Waals surface area contributed by atoms with Crippen molar-refractivity contribution in [3.05, 3.63) is 12.2 Å². The van der Waals surface area contributed by atoms with Gasteiger partial charge in [0.25, 0.3) is 0 Å². The van der Waals surface area contributed by atoms with Crippen molar-refractivity contribution in [3.63, 3.8) is 0 Å². The Morgan fingerprint density at radius 2 is 2.04 bits per heavy atom. The van der Waals surface area contributed by atoms with Crippen molar-refractivity contribution in [2.45, 2.75) is 89.7 Å². The standard InChI is InChI=1S/C19H34N4O2/c1-3-4-5-6-7-8-10-16(24)12-13-18(25)23-14-9-11-17(23)19-21-20-15-22(19)2/h15-17,24H,3-14H2,1-2H3. The first-order valence-electron chi connectivity index (χ1n) is 9.95. The van der Waals surface area contributed by atoms with Crippen molar-refractivity contribution in [2.24, 2.45) is 7.05 Å². The zero-order chi connectivity index (χ0) is 18.1. The van der Waals surface area contributed by atoms with E-state index in [2.05, 4.69) is 17.1 Å². The highest BCUT2D eigenvalue weighted by Gasteiger charge is 2.32. The Labute approximate surface area is 151 Å². The van der Waals surface area contributed by atoms with Crippen LogP contribution >= 0.6 is 0 Å². The quantitative estimate of drug-likeness (QED) is 0.621. The lowest BCUT2D eigenvalue weighted by Crippen LogP contribution is -2.32. The van der Waals surface area contributed by atoms with E-state index in [4.69, 9.17) is 0 Å². The minimum atomic E-state index is -0.356. The number of aliphatic hydroxyl groups excluding tert-OH is 1. The van der Waals surface area contributed by atoms with E-state index in [-0.39, 0.29) is 18.1 Å². The molecule has 0 aromatic carbocycles. The molecule has 2 unspecified atom stereocenters. The van der Waals surface area contributed by atoms with Gasteiger partial charge in [0.1, 0.15) is 6.33 Å². The minimum Gasteiger partial charge on any atom is -0.393 e. The van der Waals surface area contributed by atoms with E-state index in [0.29, 0.717) is 12.8 Å². The van der Waals surface area contributed by atoms with E-state index >= 15 is 0 Å². The van der Waals surface area contributed by atoms with Gasteiger partial charge in [0.15, 0.2) is 5.82 Å². The number of hydrogen-bond donors (Lipinski definition) is 1. The van der Waals surface area contributed by atoms with Crippen molar-refractivity contribution in [1.29, 1.82) is 0 Å². The topological polar surface area (TPSA) is 71.2 Å². The number of carbonyl (C=O) groups excluding carboxylic acids is 1. The molecule has 1 fully saturated rings. The molecule has 6 heteroatoms. The fourth-order valence-electron chi connectivity index (χ4n) is 3.67. The summed E-state index contributed by atoms with van der Waals surface area (Å²) in [6, 6.07) is 0.0377. The van der Waals surface area contributed by atoms with E-state index < -0.39 is 0 Å². The second-order valence-electron chi connectivity index (χ2n) is 7.29. The van der Waals surface area contributed by atoms with Gasteiger partial charge in [-0.3, -0.25) is 4.79 Å². The van der Waals surface area contributed by atoms with Crippen LogP contribution in [0.5, 0.6) is 0 Å². The number of hydrogen-bond acceptors (Lipinski definition) is 4. The zero-order valence-electron chi connectivity index (χ0n) is 15.9. The highest BCUT2D eigenvalue weighted by molar-refractivity contribution is 5.76. The summed E-state index contributed by atoms with van der Waals surface area (Å²) in [5.41, 5.74) is 0. The van der Waals surface area contributed by atoms with Gasteiger partial charge >= 0.3 is 0 Å². The maximum Gasteiger partial charge on any atom is 0.223 e. The van der Waals surface area contributed by atoms with Crippen LogP contribution in [0.2, 0.25) is 0 Å². The van der Waals surface area contributed by atoms with Crippen molar-refractivity contribution in [3.8, 4) is 0 Å². The Morgan fingerprint density at radius 1 is 1.28 bits per heavy atom. The average Bonchev–Trinajstić information content (AvgIpc) is 3.24. The van der Waals surface area contributed by atoms with Crippen LogP contribution in [-0.4, -0.2) is 43.3 Å². The molecule has 25 heavy (non-hydrogen) atoms. The van der Waals surface area contributed by atoms with Gasteiger partial charge in [0.05, 0.1) is 12.1 Å². The summed E-state index contributed by atoms with van der Waals surface area (Å²) < 4.78 is 1.89. The number of aromatic nitrogens is 3. The Kier molecular flexibility index (Phi) is 8.38. The molecule has 0 bridgehead atoms. The summed E-state index contributed by atoms with van der Waals surface area (Å²) in [5.74, 6) is 0.992. The Morgan fingerprint density at radius 3 is 2.76 bits per heavy atom. The first-order chi connectivity index (χ1) is 12.1. The molecule has 0 saturated carbocycles. The first kappa shape index (κ1) is 19.9. The molecule has 2 rings (SSSR count). The third-order valence-electron chi connectivity index (χ3n) is 5.20. The summed E-state index contributed by atoms with van der Waals surface area (Å²) in [6.45, 7) is 3.00. The Hall–Kier alpha value is -1.43. The minimum absolute atomic E-state index is 0.0377. The van der Waals surface area contributed by atoms with Crippen molar-refractivity contribution in [2.75, 3.05) is 6.54 Å². The normalized spacial score (nSPS) is 18.7. The maximum atomic E-state index is 12.6. The molecular weight excluding hydrogens is 316 g/mol. The highest BCUT2D eigenvalue weighted by atomic mass is 16.3. The van der Waals surface area contributed by atoms with Crippen LogP contribution in [-0.2, 0) is 11.8 Å². The van der Waals surface area contributed by atoms with Gasteiger partial charge in [-0.05, 0) is 25.7 Å². The van der Waals surface area contributed by atoms with E-state index in [0.717, 1.165) is 38.1 Å². The molecule has 2 heterocycles. The van der Waals surface area contributed by atoms with Gasteiger partial charge in [0.2, 0.25) is 5.91 Å². The number of unbranched alkanes of at least 4 members (excludes halogenated alkanes) is 5. The highest BCUT2D eigenvalue weighted by Crippen LogP contribution is 2.31. The molecule has 0 spiro atoms. The van der Waals surface area contributed by atoms with E-state index in [1.165, 1.54) is 32.1 Å². The molecule has 1 saturated heterocycles. The smallest absolute Gasteiger partial charge is 0.223 e. The van der Waals surface area contributed by atoms with Gasteiger partial charge in [-0.25, -0.2) is 0 Å². The van der Waals surface area contributed by atoms with E-state index in [1.54, 1.807) is 6.33 Å². The number of nitrogens with zero attached hydrogens (tertiary/aromatic N) is 4. The number of rotatable bonds is 11. The second kappa shape index (κ2) is 10.5.